The molecule has 0 aliphatic heterocycles. The normalized spacial score (nSPS) is 11.2. The number of nitrogens with zero attached hydrogens (tertiary/aromatic N) is 2. The Morgan fingerprint density at radius 2 is 2.05 bits per heavy atom. The Morgan fingerprint density at radius 1 is 1.45 bits per heavy atom. The highest BCUT2D eigenvalue weighted by atomic mass is 16.6. The van der Waals surface area contributed by atoms with E-state index in [0.717, 1.165) is 0 Å². The molecule has 7 nitrogen and oxygen atoms in total. The van der Waals surface area contributed by atoms with E-state index in [2.05, 4.69) is 9.97 Å². The van der Waals surface area contributed by atoms with E-state index in [4.69, 9.17) is 4.74 Å². The van der Waals surface area contributed by atoms with Crippen molar-refractivity contribution in [1.29, 1.82) is 0 Å². The Labute approximate surface area is 117 Å². The molecule has 1 heterocycles. The number of nitrogens with one attached hydrogen (secondary N) is 1. The number of amides is 1. The maximum absolute atomic E-state index is 11.7. The summed E-state index contributed by atoms with van der Waals surface area (Å²) in [5.74, 6) is 0.0391. The van der Waals surface area contributed by atoms with Crippen LogP contribution in [-0.4, -0.2) is 45.3 Å². The molecule has 0 unspecified atom stereocenters. The van der Waals surface area contributed by atoms with Crippen molar-refractivity contribution in [1.82, 2.24) is 14.9 Å². The van der Waals surface area contributed by atoms with Crippen molar-refractivity contribution in [3.63, 3.8) is 0 Å². The Morgan fingerprint density at radius 3 is 2.55 bits per heavy atom. The van der Waals surface area contributed by atoms with E-state index in [1.54, 1.807) is 27.8 Å². The largest absolute Gasteiger partial charge is 0.493 e. The summed E-state index contributed by atoms with van der Waals surface area (Å²) in [4.78, 5) is 31.0. The third-order valence-electron chi connectivity index (χ3n) is 2.56. The summed E-state index contributed by atoms with van der Waals surface area (Å²) in [7, 11) is 1.60. The van der Waals surface area contributed by atoms with Crippen molar-refractivity contribution in [2.24, 2.45) is 0 Å². The van der Waals surface area contributed by atoms with E-state index in [-0.39, 0.29) is 17.0 Å². The predicted octanol–water partition coefficient (Wildman–Crippen LogP) is 1.19. The predicted molar refractivity (Wildman–Crippen MR) is 73.8 cm³/mol. The van der Waals surface area contributed by atoms with Gasteiger partial charge in [-0.1, -0.05) is 0 Å². The number of aromatic amines is 1. The molecule has 112 valence electrons. The fraction of sp³-hybridized carbons (Fsp3) is 0.615. The smallest absolute Gasteiger partial charge is 0.410 e. The molecule has 0 saturated carbocycles. The van der Waals surface area contributed by atoms with E-state index < -0.39 is 11.7 Å². The zero-order chi connectivity index (χ0) is 15.5. The lowest BCUT2D eigenvalue weighted by molar-refractivity contribution is 0.0300. The monoisotopic (exact) mass is 283 g/mol. The molecule has 0 spiro atoms. The molecule has 1 aromatic heterocycles. The van der Waals surface area contributed by atoms with Gasteiger partial charge in [0.15, 0.2) is 0 Å². The van der Waals surface area contributed by atoms with Gasteiger partial charge in [0.1, 0.15) is 11.4 Å². The second-order valence-corrected chi connectivity index (χ2v) is 5.61. The first kappa shape index (κ1) is 16.0. The zero-order valence-electron chi connectivity index (χ0n) is 12.5. The number of carbonyl (C=O) groups is 1. The minimum atomic E-state index is -0.556. The van der Waals surface area contributed by atoms with E-state index in [1.165, 1.54) is 11.8 Å². The summed E-state index contributed by atoms with van der Waals surface area (Å²) < 4.78 is 5.20. The Kier molecular flexibility index (Phi) is 4.75. The fourth-order valence-corrected chi connectivity index (χ4v) is 1.39. The third kappa shape index (κ3) is 4.56. The minimum absolute atomic E-state index is 0.175. The number of aromatic hydroxyl groups is 1. The first-order valence-corrected chi connectivity index (χ1v) is 6.33. The van der Waals surface area contributed by atoms with Gasteiger partial charge < -0.3 is 19.7 Å². The Bertz CT molecular complexity index is 546. The van der Waals surface area contributed by atoms with Crippen molar-refractivity contribution >= 4 is 6.09 Å². The van der Waals surface area contributed by atoms with Crippen molar-refractivity contribution in [2.45, 2.75) is 39.7 Å². The topological polar surface area (TPSA) is 95.5 Å². The molecule has 0 aromatic carbocycles. The van der Waals surface area contributed by atoms with Gasteiger partial charge in [-0.05, 0) is 27.7 Å². The summed E-state index contributed by atoms with van der Waals surface area (Å²) in [6.45, 7) is 7.17. The Balaban J connectivity index is 2.64. The van der Waals surface area contributed by atoms with Crippen molar-refractivity contribution in [3.05, 3.63) is 21.7 Å². The fourth-order valence-electron chi connectivity index (χ4n) is 1.39. The average Bonchev–Trinajstić information content (AvgIpc) is 2.30. The first-order chi connectivity index (χ1) is 9.10. The molecular formula is C13H21N3O4. The van der Waals surface area contributed by atoms with Crippen LogP contribution in [0.15, 0.2) is 4.79 Å². The number of aromatic nitrogens is 2. The maximum atomic E-state index is 11.7. The lowest BCUT2D eigenvalue weighted by atomic mass is 10.2. The number of carbonyl (C=O) groups excluding carboxylic acids is 1. The number of ether oxygens (including phenoxy) is 1. The number of likely N-dealkylation sites (N-methyl/N-ethyl adjacent to an activating group) is 1. The highest BCUT2D eigenvalue weighted by Crippen LogP contribution is 2.10. The summed E-state index contributed by atoms with van der Waals surface area (Å²) in [5, 5.41) is 9.47. The number of rotatable bonds is 3. The second kappa shape index (κ2) is 5.94. The molecule has 1 rings (SSSR count). The van der Waals surface area contributed by atoms with Crippen molar-refractivity contribution in [3.8, 4) is 5.88 Å². The van der Waals surface area contributed by atoms with Crippen LogP contribution in [0.1, 0.15) is 32.2 Å². The number of hydrogen-bond acceptors (Lipinski definition) is 5. The summed E-state index contributed by atoms with van der Waals surface area (Å²) in [6, 6.07) is 0. The van der Waals surface area contributed by atoms with Crippen molar-refractivity contribution in [2.75, 3.05) is 13.6 Å². The first-order valence-electron chi connectivity index (χ1n) is 6.33. The summed E-state index contributed by atoms with van der Waals surface area (Å²) >= 11 is 0. The lowest BCUT2D eigenvalue weighted by Crippen LogP contribution is -2.35. The van der Waals surface area contributed by atoms with Gasteiger partial charge in [0.2, 0.25) is 5.88 Å². The van der Waals surface area contributed by atoms with Crippen LogP contribution in [0.5, 0.6) is 5.88 Å². The second-order valence-electron chi connectivity index (χ2n) is 5.61. The summed E-state index contributed by atoms with van der Waals surface area (Å²) in [5.41, 5.74) is -0.762. The highest BCUT2D eigenvalue weighted by molar-refractivity contribution is 5.67. The van der Waals surface area contributed by atoms with E-state index in [9.17, 15) is 14.7 Å². The van der Waals surface area contributed by atoms with Crippen LogP contribution in [0.4, 0.5) is 4.79 Å². The SMILES string of the molecule is Cc1c(O)nc(CCN(C)C(=O)OC(C)(C)C)[nH]c1=O. The molecule has 0 radical (unpaired) electrons. The summed E-state index contributed by atoms with van der Waals surface area (Å²) in [6.07, 6.45) is -0.130. The third-order valence-corrected chi connectivity index (χ3v) is 2.56. The molecule has 0 bridgehead atoms. The quantitative estimate of drug-likeness (QED) is 0.868. The molecule has 0 aliphatic carbocycles. The molecule has 2 N–H and O–H groups in total. The van der Waals surface area contributed by atoms with E-state index in [0.29, 0.717) is 18.8 Å². The minimum Gasteiger partial charge on any atom is -0.493 e. The van der Waals surface area contributed by atoms with Crippen LogP contribution in [0.3, 0.4) is 0 Å². The van der Waals surface area contributed by atoms with Crippen LogP contribution in [-0.2, 0) is 11.2 Å². The van der Waals surface area contributed by atoms with Crippen LogP contribution in [0, 0.1) is 6.92 Å². The van der Waals surface area contributed by atoms with Crippen LogP contribution < -0.4 is 5.56 Å². The molecule has 7 heteroatoms. The number of H-pyrrole nitrogens is 1. The lowest BCUT2D eigenvalue weighted by Gasteiger charge is -2.24. The van der Waals surface area contributed by atoms with Gasteiger partial charge in [0.05, 0.1) is 5.56 Å². The average molecular weight is 283 g/mol. The Hall–Kier alpha value is -2.05. The molecule has 0 fully saturated rings. The molecule has 1 amide bonds. The highest BCUT2D eigenvalue weighted by Gasteiger charge is 2.19. The van der Waals surface area contributed by atoms with Gasteiger partial charge in [-0.15, -0.1) is 0 Å². The van der Waals surface area contributed by atoms with Crippen LogP contribution >= 0.6 is 0 Å². The van der Waals surface area contributed by atoms with Gasteiger partial charge in [0, 0.05) is 20.0 Å². The maximum Gasteiger partial charge on any atom is 0.410 e. The molecule has 1 aromatic rings. The molecule has 20 heavy (non-hydrogen) atoms. The van der Waals surface area contributed by atoms with Crippen LogP contribution in [0.25, 0.3) is 0 Å². The molecular weight excluding hydrogens is 262 g/mol. The zero-order valence-corrected chi connectivity index (χ0v) is 12.5. The number of hydrogen-bond donors (Lipinski definition) is 2. The molecule has 0 aliphatic rings. The standard InChI is InChI=1S/C13H21N3O4/c1-8-10(17)14-9(15-11(8)18)6-7-16(5)12(19)20-13(2,3)4/h6-7H2,1-5H3,(H2,14,15,17,18). The van der Waals surface area contributed by atoms with E-state index >= 15 is 0 Å². The molecule has 0 saturated heterocycles. The van der Waals surface area contributed by atoms with Gasteiger partial charge in [0.25, 0.3) is 5.56 Å². The van der Waals surface area contributed by atoms with Gasteiger partial charge in [-0.3, -0.25) is 4.79 Å². The van der Waals surface area contributed by atoms with Crippen molar-refractivity contribution < 1.29 is 14.6 Å². The molecule has 0 atom stereocenters. The van der Waals surface area contributed by atoms with Gasteiger partial charge in [-0.2, -0.15) is 0 Å². The van der Waals surface area contributed by atoms with E-state index in [1.807, 2.05) is 0 Å². The van der Waals surface area contributed by atoms with Gasteiger partial charge in [-0.25, -0.2) is 9.78 Å². The van der Waals surface area contributed by atoms with Crippen LogP contribution in [0.2, 0.25) is 0 Å². The van der Waals surface area contributed by atoms with Gasteiger partial charge >= 0.3 is 6.09 Å².